The highest BCUT2D eigenvalue weighted by molar-refractivity contribution is 6.07. The zero-order valence-electron chi connectivity index (χ0n) is 22.3. The minimum Gasteiger partial charge on any atom is -0.386 e. The Morgan fingerprint density at radius 1 is 1.05 bits per heavy atom. The fourth-order valence-electron chi connectivity index (χ4n) is 5.75. The first-order valence-electron chi connectivity index (χ1n) is 13.1. The normalized spacial score (nSPS) is 15.9. The van der Waals surface area contributed by atoms with Crippen LogP contribution in [0.2, 0.25) is 0 Å². The third-order valence-electron chi connectivity index (χ3n) is 7.73. The molecule has 1 aliphatic rings. The fourth-order valence-corrected chi connectivity index (χ4v) is 5.75. The number of hydrogen-bond acceptors (Lipinski definition) is 6. The molecule has 0 saturated carbocycles. The van der Waals surface area contributed by atoms with Crippen LogP contribution in [0.1, 0.15) is 49.7 Å². The molecule has 8 nitrogen and oxygen atoms in total. The summed E-state index contributed by atoms with van der Waals surface area (Å²) in [5, 5.41) is 19.7. The largest absolute Gasteiger partial charge is 0.386 e. The van der Waals surface area contributed by atoms with Gasteiger partial charge in [0.15, 0.2) is 0 Å². The topological polar surface area (TPSA) is 90.9 Å². The minimum absolute atomic E-state index is 0.120. The molecule has 1 saturated heterocycles. The molecule has 0 spiro atoms. The van der Waals surface area contributed by atoms with Gasteiger partial charge < -0.3 is 14.4 Å². The van der Waals surface area contributed by atoms with E-state index in [0.29, 0.717) is 52.3 Å². The van der Waals surface area contributed by atoms with Crippen LogP contribution in [0.25, 0.3) is 33.2 Å². The summed E-state index contributed by atoms with van der Waals surface area (Å²) in [5.41, 5.74) is 3.86. The van der Waals surface area contributed by atoms with Crippen molar-refractivity contribution >= 4 is 21.9 Å². The zero-order valence-corrected chi connectivity index (χ0v) is 22.3. The van der Waals surface area contributed by atoms with Crippen molar-refractivity contribution in [3.05, 3.63) is 71.3 Å². The van der Waals surface area contributed by atoms with E-state index >= 15 is 4.39 Å². The number of nitrogens with zero attached hydrogens (tertiary/aromatic N) is 6. The van der Waals surface area contributed by atoms with Gasteiger partial charge >= 0.3 is 0 Å². The Balaban J connectivity index is 1.72. The first-order chi connectivity index (χ1) is 18.6. The average molecular weight is 533 g/mol. The summed E-state index contributed by atoms with van der Waals surface area (Å²) in [4.78, 5) is 9.23. The molecule has 5 aromatic rings. The maximum atomic E-state index is 15.8. The molecule has 0 radical (unpaired) electrons. The summed E-state index contributed by atoms with van der Waals surface area (Å²) in [7, 11) is 1.74. The SMILES string of the molecule is Cc1nnn(C)c1-c1cc2c(cc1F)c1ncc(C(C)(C)O)cc1n2C(c1ccc(F)cn1)C1CCOCC1. The molecule has 0 amide bonds. The van der Waals surface area contributed by atoms with Crippen LogP contribution in [0.4, 0.5) is 8.78 Å². The van der Waals surface area contributed by atoms with Crippen molar-refractivity contribution in [2.24, 2.45) is 13.0 Å². The molecule has 1 atom stereocenters. The second kappa shape index (κ2) is 9.46. The summed E-state index contributed by atoms with van der Waals surface area (Å²) in [6.45, 7) is 6.41. The van der Waals surface area contributed by atoms with Gasteiger partial charge in [0.05, 0.1) is 51.5 Å². The van der Waals surface area contributed by atoms with Gasteiger partial charge in [0.25, 0.3) is 0 Å². The molecule has 1 fully saturated rings. The molecule has 4 aromatic heterocycles. The van der Waals surface area contributed by atoms with E-state index < -0.39 is 17.2 Å². The van der Waals surface area contributed by atoms with Crippen LogP contribution < -0.4 is 0 Å². The first-order valence-corrected chi connectivity index (χ1v) is 13.1. The van der Waals surface area contributed by atoms with E-state index in [1.54, 1.807) is 44.8 Å². The molecule has 6 rings (SSSR count). The Bertz CT molecular complexity index is 1660. The number of benzene rings is 1. The van der Waals surface area contributed by atoms with Crippen LogP contribution in [-0.4, -0.2) is 47.8 Å². The predicted molar refractivity (Wildman–Crippen MR) is 143 cm³/mol. The van der Waals surface area contributed by atoms with Crippen molar-refractivity contribution in [3.8, 4) is 11.3 Å². The van der Waals surface area contributed by atoms with E-state index in [1.165, 1.54) is 18.3 Å². The number of pyridine rings is 2. The molecule has 39 heavy (non-hydrogen) atoms. The van der Waals surface area contributed by atoms with E-state index in [2.05, 4.69) is 19.9 Å². The quantitative estimate of drug-likeness (QED) is 0.334. The second-order valence-corrected chi connectivity index (χ2v) is 10.8. The van der Waals surface area contributed by atoms with Gasteiger partial charge in [0.2, 0.25) is 0 Å². The number of fused-ring (bicyclic) bond motifs is 3. The summed E-state index contributed by atoms with van der Waals surface area (Å²) < 4.78 is 39.1. The van der Waals surface area contributed by atoms with Gasteiger partial charge in [-0.3, -0.25) is 9.97 Å². The van der Waals surface area contributed by atoms with Crippen molar-refractivity contribution in [1.82, 2.24) is 29.5 Å². The number of aromatic nitrogens is 6. The molecule has 1 N–H and O–H groups in total. The number of ether oxygens (including phenoxy) is 1. The van der Waals surface area contributed by atoms with Gasteiger partial charge in [0.1, 0.15) is 11.6 Å². The van der Waals surface area contributed by atoms with Crippen molar-refractivity contribution in [2.45, 2.75) is 45.3 Å². The number of hydrogen-bond donors (Lipinski definition) is 1. The lowest BCUT2D eigenvalue weighted by Crippen LogP contribution is -2.27. The number of rotatable bonds is 5. The number of aliphatic hydroxyl groups is 1. The third kappa shape index (κ3) is 4.37. The smallest absolute Gasteiger partial charge is 0.141 e. The lowest BCUT2D eigenvalue weighted by atomic mass is 9.88. The Hall–Kier alpha value is -3.76. The van der Waals surface area contributed by atoms with E-state index in [0.717, 1.165) is 23.9 Å². The molecule has 1 aromatic carbocycles. The highest BCUT2D eigenvalue weighted by Gasteiger charge is 2.32. The molecule has 5 heterocycles. The van der Waals surface area contributed by atoms with Gasteiger partial charge in [0, 0.05) is 43.0 Å². The molecular weight excluding hydrogens is 502 g/mol. The van der Waals surface area contributed by atoms with Crippen LogP contribution in [0.15, 0.2) is 42.7 Å². The molecule has 1 unspecified atom stereocenters. The highest BCUT2D eigenvalue weighted by Crippen LogP contribution is 2.42. The van der Waals surface area contributed by atoms with E-state index in [4.69, 9.17) is 9.72 Å². The molecule has 0 bridgehead atoms. The minimum atomic E-state index is -1.14. The monoisotopic (exact) mass is 532 g/mol. The Kier molecular flexibility index (Phi) is 6.19. The van der Waals surface area contributed by atoms with Crippen molar-refractivity contribution in [2.75, 3.05) is 13.2 Å². The van der Waals surface area contributed by atoms with E-state index in [9.17, 15) is 9.50 Å². The van der Waals surface area contributed by atoms with Gasteiger partial charge in [-0.1, -0.05) is 5.21 Å². The van der Waals surface area contributed by atoms with Gasteiger partial charge in [-0.2, -0.15) is 0 Å². The molecule has 0 aliphatic carbocycles. The van der Waals surface area contributed by atoms with Crippen LogP contribution in [0.3, 0.4) is 0 Å². The molecule has 1 aliphatic heterocycles. The summed E-state index contributed by atoms with van der Waals surface area (Å²) in [5.74, 6) is -0.706. The molecule has 202 valence electrons. The van der Waals surface area contributed by atoms with Crippen LogP contribution in [0.5, 0.6) is 0 Å². The Morgan fingerprint density at radius 3 is 2.46 bits per heavy atom. The van der Waals surface area contributed by atoms with E-state index in [1.807, 2.05) is 12.1 Å². The van der Waals surface area contributed by atoms with Gasteiger partial charge in [-0.25, -0.2) is 13.5 Å². The zero-order chi connectivity index (χ0) is 27.5. The lowest BCUT2D eigenvalue weighted by Gasteiger charge is -2.32. The molecule has 10 heteroatoms. The van der Waals surface area contributed by atoms with Crippen LogP contribution in [-0.2, 0) is 17.4 Å². The van der Waals surface area contributed by atoms with Crippen molar-refractivity contribution in [1.29, 1.82) is 0 Å². The standard InChI is InChI=1S/C29H30F2N6O2/c1-16-27(36(4)35-34-16)20-13-24-21(12-22(20)31)26-25(11-18(14-33-26)29(2,3)38)37(24)28(17-7-9-39-10-8-17)23-6-5-19(30)15-32-23/h5-6,11-15,17,28,38H,7-10H2,1-4H3. The highest BCUT2D eigenvalue weighted by atomic mass is 19.1. The second-order valence-electron chi connectivity index (χ2n) is 10.8. The Labute approximate surface area is 224 Å². The van der Waals surface area contributed by atoms with Crippen LogP contribution in [0, 0.1) is 24.5 Å². The maximum Gasteiger partial charge on any atom is 0.141 e. The van der Waals surface area contributed by atoms with Crippen molar-refractivity contribution in [3.63, 3.8) is 0 Å². The maximum absolute atomic E-state index is 15.8. The first kappa shape index (κ1) is 25.5. The predicted octanol–water partition coefficient (Wildman–Crippen LogP) is 5.21. The van der Waals surface area contributed by atoms with Gasteiger partial charge in [-0.05, 0) is 69.9 Å². The van der Waals surface area contributed by atoms with Crippen molar-refractivity contribution < 1.29 is 18.6 Å². The van der Waals surface area contributed by atoms with Crippen LogP contribution >= 0.6 is 0 Å². The fraction of sp³-hybridized carbons (Fsp3) is 0.379. The molecular formula is C29H30F2N6O2. The van der Waals surface area contributed by atoms with E-state index in [-0.39, 0.29) is 12.0 Å². The summed E-state index contributed by atoms with van der Waals surface area (Å²) >= 11 is 0. The lowest BCUT2D eigenvalue weighted by molar-refractivity contribution is 0.0547. The summed E-state index contributed by atoms with van der Waals surface area (Å²) in [6.07, 6.45) is 4.42. The summed E-state index contributed by atoms with van der Waals surface area (Å²) in [6, 6.07) is 8.05. The van der Waals surface area contributed by atoms with Gasteiger partial charge in [-0.15, -0.1) is 5.10 Å². The third-order valence-corrected chi connectivity index (χ3v) is 7.73. The number of aryl methyl sites for hydroxylation is 2. The number of halogens is 2. The Morgan fingerprint density at radius 2 is 1.82 bits per heavy atom. The average Bonchev–Trinajstić information content (AvgIpc) is 3.40.